The van der Waals surface area contributed by atoms with E-state index in [0.717, 1.165) is 62.2 Å². The number of fused-ring (bicyclic) bond motifs is 1. The lowest BCUT2D eigenvalue weighted by atomic mass is 10.2. The minimum absolute atomic E-state index is 0.167. The highest BCUT2D eigenvalue weighted by Gasteiger charge is 2.29. The van der Waals surface area contributed by atoms with Gasteiger partial charge in [-0.3, -0.25) is 14.6 Å². The standard InChI is InChI=1S/C23H36N10O/c1-16(2)13-33-22-19(28-23(33)31-7-5-26-6-8-31)21(32-9-10-34-14-17(32)3)29-20(30-22)18(11-25-4)12-27-15-24/h11-12,16-17,26H,4-10,13-15,24H2,1-3H3/b18-11+,27-12-/t17-/m0/s1. The maximum atomic E-state index is 5.70. The minimum Gasteiger partial charge on any atom is -0.377 e. The molecule has 2 aliphatic rings. The monoisotopic (exact) mass is 468 g/mol. The molecule has 4 rings (SSSR count). The van der Waals surface area contributed by atoms with Gasteiger partial charge in [0.05, 0.1) is 31.5 Å². The molecule has 0 bridgehead atoms. The quantitative estimate of drug-likeness (QED) is 0.553. The number of anilines is 2. The number of nitrogens with two attached hydrogens (primary N) is 1. The van der Waals surface area contributed by atoms with Gasteiger partial charge in [0.15, 0.2) is 22.8 Å². The van der Waals surface area contributed by atoms with E-state index in [1.54, 1.807) is 12.4 Å². The van der Waals surface area contributed by atoms with E-state index in [9.17, 15) is 0 Å². The Hall–Kier alpha value is -2.89. The summed E-state index contributed by atoms with van der Waals surface area (Å²) < 4.78 is 7.94. The van der Waals surface area contributed by atoms with Crippen molar-refractivity contribution < 1.29 is 4.74 Å². The lowest BCUT2D eigenvalue weighted by Gasteiger charge is -2.34. The van der Waals surface area contributed by atoms with Gasteiger partial charge in [0, 0.05) is 51.7 Å². The second-order valence-corrected chi connectivity index (χ2v) is 9.07. The van der Waals surface area contributed by atoms with Crippen LogP contribution in [0.3, 0.4) is 0 Å². The summed E-state index contributed by atoms with van der Waals surface area (Å²) in [5, 5.41) is 3.43. The first kappa shape index (κ1) is 24.2. The molecule has 0 amide bonds. The Kier molecular flexibility index (Phi) is 7.86. The summed E-state index contributed by atoms with van der Waals surface area (Å²) in [7, 11) is 0. The van der Waals surface area contributed by atoms with Crippen LogP contribution in [-0.4, -0.2) is 91.1 Å². The average molecular weight is 469 g/mol. The van der Waals surface area contributed by atoms with E-state index < -0.39 is 0 Å². The van der Waals surface area contributed by atoms with Crippen LogP contribution in [0.1, 0.15) is 26.6 Å². The molecule has 11 heteroatoms. The van der Waals surface area contributed by atoms with Gasteiger partial charge in [0.25, 0.3) is 0 Å². The van der Waals surface area contributed by atoms with Crippen LogP contribution in [0.4, 0.5) is 11.8 Å². The summed E-state index contributed by atoms with van der Waals surface area (Å²) in [5.41, 5.74) is 7.90. The van der Waals surface area contributed by atoms with Crippen molar-refractivity contribution in [2.45, 2.75) is 33.4 Å². The van der Waals surface area contributed by atoms with Crippen LogP contribution < -0.4 is 20.9 Å². The number of nitrogens with one attached hydrogen (secondary N) is 1. The third-order valence-corrected chi connectivity index (χ3v) is 5.97. The van der Waals surface area contributed by atoms with Crippen molar-refractivity contribution in [1.82, 2.24) is 24.8 Å². The van der Waals surface area contributed by atoms with E-state index in [-0.39, 0.29) is 12.7 Å². The summed E-state index contributed by atoms with van der Waals surface area (Å²) >= 11 is 0. The van der Waals surface area contributed by atoms with Crippen LogP contribution in [0.2, 0.25) is 0 Å². The van der Waals surface area contributed by atoms with E-state index in [1.165, 1.54) is 0 Å². The number of aromatic nitrogens is 4. The number of aliphatic imine (C=N–C) groups is 2. The third kappa shape index (κ3) is 5.11. The number of nitrogens with zero attached hydrogens (tertiary/aromatic N) is 8. The second kappa shape index (κ2) is 11.0. The summed E-state index contributed by atoms with van der Waals surface area (Å²) in [6.45, 7) is 16.8. The number of imidazole rings is 1. The van der Waals surface area contributed by atoms with Gasteiger partial charge in [0.1, 0.15) is 0 Å². The molecule has 2 aromatic heterocycles. The van der Waals surface area contributed by atoms with Crippen molar-refractivity contribution in [3.05, 3.63) is 12.0 Å². The van der Waals surface area contributed by atoms with Crippen molar-refractivity contribution in [3.63, 3.8) is 0 Å². The molecule has 11 nitrogen and oxygen atoms in total. The molecule has 34 heavy (non-hydrogen) atoms. The van der Waals surface area contributed by atoms with Crippen LogP contribution in [0, 0.1) is 5.92 Å². The first-order valence-corrected chi connectivity index (χ1v) is 12.0. The van der Waals surface area contributed by atoms with E-state index in [1.807, 2.05) is 0 Å². The van der Waals surface area contributed by atoms with Crippen LogP contribution in [0.15, 0.2) is 16.2 Å². The van der Waals surface area contributed by atoms with Crippen LogP contribution in [0.5, 0.6) is 0 Å². The smallest absolute Gasteiger partial charge is 0.208 e. The van der Waals surface area contributed by atoms with Gasteiger partial charge in [-0.1, -0.05) is 13.8 Å². The molecule has 0 saturated carbocycles. The molecule has 2 aliphatic heterocycles. The molecular formula is C23H36N10O. The van der Waals surface area contributed by atoms with Gasteiger partial charge in [-0.25, -0.2) is 15.0 Å². The number of hydrogen-bond acceptors (Lipinski definition) is 10. The molecule has 184 valence electrons. The SMILES string of the molecule is C=N/C=C(\C=N/CN)c1nc(N2CCOC[C@@H]2C)c2nc(N3CCNCC3)n(CC(C)C)c2n1. The Morgan fingerprint density at radius 2 is 2.06 bits per heavy atom. The number of allylic oxidation sites excluding steroid dienone is 1. The third-order valence-electron chi connectivity index (χ3n) is 5.97. The highest BCUT2D eigenvalue weighted by Crippen LogP contribution is 2.32. The number of rotatable bonds is 8. The second-order valence-electron chi connectivity index (χ2n) is 9.07. The number of piperazine rings is 1. The van der Waals surface area contributed by atoms with E-state index in [2.05, 4.69) is 57.2 Å². The van der Waals surface area contributed by atoms with Crippen molar-refractivity contribution in [3.8, 4) is 0 Å². The van der Waals surface area contributed by atoms with Gasteiger partial charge in [-0.05, 0) is 19.6 Å². The number of ether oxygens (including phenoxy) is 1. The van der Waals surface area contributed by atoms with Crippen LogP contribution in [-0.2, 0) is 11.3 Å². The summed E-state index contributed by atoms with van der Waals surface area (Å²) in [6, 6.07) is 0.167. The molecule has 2 aromatic rings. The summed E-state index contributed by atoms with van der Waals surface area (Å²) in [4.78, 5) is 27.9. The van der Waals surface area contributed by atoms with Gasteiger partial charge in [-0.15, -0.1) is 0 Å². The van der Waals surface area contributed by atoms with E-state index in [0.29, 0.717) is 30.5 Å². The fourth-order valence-electron chi connectivity index (χ4n) is 4.38. The first-order valence-electron chi connectivity index (χ1n) is 12.0. The molecule has 2 saturated heterocycles. The van der Waals surface area contributed by atoms with Gasteiger partial charge in [0.2, 0.25) is 5.95 Å². The fraction of sp³-hybridized carbons (Fsp3) is 0.609. The van der Waals surface area contributed by atoms with Crippen LogP contribution >= 0.6 is 0 Å². The molecular weight excluding hydrogens is 432 g/mol. The van der Waals surface area contributed by atoms with Gasteiger partial charge >= 0.3 is 0 Å². The Labute approximate surface area is 200 Å². The lowest BCUT2D eigenvalue weighted by molar-refractivity contribution is 0.0986. The Balaban J connectivity index is 1.96. The fourth-order valence-corrected chi connectivity index (χ4v) is 4.38. The van der Waals surface area contributed by atoms with E-state index >= 15 is 0 Å². The Morgan fingerprint density at radius 1 is 1.26 bits per heavy atom. The van der Waals surface area contributed by atoms with Crippen molar-refractivity contribution in [2.75, 3.05) is 62.4 Å². The van der Waals surface area contributed by atoms with Crippen LogP contribution in [0.25, 0.3) is 16.7 Å². The zero-order chi connectivity index (χ0) is 24.1. The lowest BCUT2D eigenvalue weighted by Crippen LogP contribution is -2.44. The molecule has 4 heterocycles. The predicted octanol–water partition coefficient (Wildman–Crippen LogP) is 1.15. The first-order chi connectivity index (χ1) is 16.5. The van der Waals surface area contributed by atoms with Gasteiger partial charge in [-0.2, -0.15) is 0 Å². The Bertz CT molecular complexity index is 1050. The van der Waals surface area contributed by atoms with E-state index in [4.69, 9.17) is 25.4 Å². The normalized spacial score (nSPS) is 20.1. The molecule has 0 spiro atoms. The zero-order valence-corrected chi connectivity index (χ0v) is 20.4. The van der Waals surface area contributed by atoms with Crippen molar-refractivity contribution in [1.29, 1.82) is 0 Å². The molecule has 0 aromatic carbocycles. The molecule has 3 N–H and O–H groups in total. The highest BCUT2D eigenvalue weighted by molar-refractivity contribution is 6.09. The highest BCUT2D eigenvalue weighted by atomic mass is 16.5. The maximum Gasteiger partial charge on any atom is 0.208 e. The molecule has 0 unspecified atom stereocenters. The van der Waals surface area contributed by atoms with Gasteiger partial charge < -0.3 is 25.6 Å². The Morgan fingerprint density at radius 3 is 2.74 bits per heavy atom. The van der Waals surface area contributed by atoms with Crippen molar-refractivity contribution in [2.24, 2.45) is 21.6 Å². The molecule has 0 aliphatic carbocycles. The molecule has 1 atom stereocenters. The van der Waals surface area contributed by atoms with Crippen molar-refractivity contribution >= 4 is 41.4 Å². The largest absolute Gasteiger partial charge is 0.377 e. The topological polar surface area (TPSA) is 122 Å². The predicted molar refractivity (Wildman–Crippen MR) is 138 cm³/mol. The minimum atomic E-state index is 0.167. The molecule has 2 fully saturated rings. The average Bonchev–Trinajstić information content (AvgIpc) is 3.20. The summed E-state index contributed by atoms with van der Waals surface area (Å²) in [5.74, 6) is 2.71. The summed E-state index contributed by atoms with van der Waals surface area (Å²) in [6.07, 6.45) is 3.27. The molecule has 0 radical (unpaired) electrons. The maximum absolute atomic E-state index is 5.70. The number of hydrogen-bond donors (Lipinski definition) is 2. The number of morpholine rings is 1. The zero-order valence-electron chi connectivity index (χ0n) is 20.4.